The van der Waals surface area contributed by atoms with Gasteiger partial charge < -0.3 is 10.1 Å². The molecule has 3 heteroatoms. The third-order valence-electron chi connectivity index (χ3n) is 3.44. The number of pyridine rings is 1. The topological polar surface area (TPSA) is 34.2 Å². The van der Waals surface area contributed by atoms with Gasteiger partial charge in [0.25, 0.3) is 0 Å². The molecule has 3 nitrogen and oxygen atoms in total. The number of nitrogens with zero attached hydrogens (tertiary/aromatic N) is 1. The van der Waals surface area contributed by atoms with Crippen LogP contribution in [0, 0.1) is 5.92 Å². The summed E-state index contributed by atoms with van der Waals surface area (Å²) in [5.41, 5.74) is 1.06. The fourth-order valence-corrected chi connectivity index (χ4v) is 2.41. The maximum absolute atomic E-state index is 5.36. The number of hydrogen-bond donors (Lipinski definition) is 1. The van der Waals surface area contributed by atoms with Gasteiger partial charge in [0.2, 0.25) is 0 Å². The van der Waals surface area contributed by atoms with Crippen molar-refractivity contribution in [2.24, 2.45) is 5.92 Å². The second kappa shape index (κ2) is 5.30. The van der Waals surface area contributed by atoms with Gasteiger partial charge in [-0.2, -0.15) is 0 Å². The SMILES string of the molecule is CCC1CCNC(c2ncccc2OC)C1. The van der Waals surface area contributed by atoms with E-state index in [0.29, 0.717) is 6.04 Å². The van der Waals surface area contributed by atoms with E-state index < -0.39 is 0 Å². The summed E-state index contributed by atoms with van der Waals surface area (Å²) >= 11 is 0. The summed E-state index contributed by atoms with van der Waals surface area (Å²) in [7, 11) is 1.71. The van der Waals surface area contributed by atoms with Crippen molar-refractivity contribution < 1.29 is 4.74 Å². The lowest BCUT2D eigenvalue weighted by Crippen LogP contribution is -2.32. The van der Waals surface area contributed by atoms with Crippen molar-refractivity contribution in [3.05, 3.63) is 24.0 Å². The summed E-state index contributed by atoms with van der Waals surface area (Å²) in [4.78, 5) is 4.45. The van der Waals surface area contributed by atoms with E-state index in [4.69, 9.17) is 4.74 Å². The van der Waals surface area contributed by atoms with Gasteiger partial charge in [-0.3, -0.25) is 4.98 Å². The quantitative estimate of drug-likeness (QED) is 0.850. The van der Waals surface area contributed by atoms with Gasteiger partial charge in [-0.1, -0.05) is 13.3 Å². The summed E-state index contributed by atoms with van der Waals surface area (Å²) in [6, 6.07) is 4.26. The highest BCUT2D eigenvalue weighted by Crippen LogP contribution is 2.32. The van der Waals surface area contributed by atoms with Crippen LogP contribution in [0.4, 0.5) is 0 Å². The van der Waals surface area contributed by atoms with Crippen molar-refractivity contribution in [1.82, 2.24) is 10.3 Å². The first kappa shape index (κ1) is 11.4. The number of rotatable bonds is 3. The van der Waals surface area contributed by atoms with Gasteiger partial charge in [0.1, 0.15) is 5.75 Å². The minimum atomic E-state index is 0.356. The normalized spacial score (nSPS) is 25.4. The standard InChI is InChI=1S/C13H20N2O/c1-3-10-6-8-14-11(9-10)13-12(16-2)5-4-7-15-13/h4-5,7,10-11,14H,3,6,8-9H2,1-2H3. The Bertz CT molecular complexity index is 340. The van der Waals surface area contributed by atoms with Gasteiger partial charge in [-0.15, -0.1) is 0 Å². The molecule has 88 valence electrons. The van der Waals surface area contributed by atoms with Gasteiger partial charge in [0.15, 0.2) is 0 Å². The monoisotopic (exact) mass is 220 g/mol. The number of ether oxygens (including phenoxy) is 1. The Kier molecular flexibility index (Phi) is 3.78. The molecule has 16 heavy (non-hydrogen) atoms. The summed E-state index contributed by atoms with van der Waals surface area (Å²) < 4.78 is 5.36. The Balaban J connectivity index is 2.16. The average Bonchev–Trinajstić information content (AvgIpc) is 2.38. The van der Waals surface area contributed by atoms with Crippen molar-refractivity contribution in [3.63, 3.8) is 0 Å². The third-order valence-corrected chi connectivity index (χ3v) is 3.44. The van der Waals surface area contributed by atoms with E-state index in [1.165, 1.54) is 19.3 Å². The van der Waals surface area contributed by atoms with Crippen LogP contribution in [-0.2, 0) is 0 Å². The number of hydrogen-bond acceptors (Lipinski definition) is 3. The summed E-state index contributed by atoms with van der Waals surface area (Å²) in [6.07, 6.45) is 5.55. The Morgan fingerprint density at radius 3 is 3.19 bits per heavy atom. The van der Waals surface area contributed by atoms with Gasteiger partial charge >= 0.3 is 0 Å². The third kappa shape index (κ3) is 2.35. The molecule has 0 aromatic carbocycles. The highest BCUT2D eigenvalue weighted by Gasteiger charge is 2.24. The van der Waals surface area contributed by atoms with E-state index in [1.54, 1.807) is 7.11 Å². The molecule has 1 aromatic rings. The Morgan fingerprint density at radius 1 is 1.56 bits per heavy atom. The number of nitrogens with one attached hydrogen (secondary N) is 1. The first-order chi connectivity index (χ1) is 7.85. The molecule has 1 aromatic heterocycles. The van der Waals surface area contributed by atoms with E-state index in [2.05, 4.69) is 17.2 Å². The molecule has 1 fully saturated rings. The smallest absolute Gasteiger partial charge is 0.141 e. The summed E-state index contributed by atoms with van der Waals surface area (Å²) in [6.45, 7) is 3.35. The van der Waals surface area contributed by atoms with Gasteiger partial charge in [0, 0.05) is 6.20 Å². The Labute approximate surface area is 97.2 Å². The van der Waals surface area contributed by atoms with E-state index in [0.717, 1.165) is 23.9 Å². The van der Waals surface area contributed by atoms with Crippen molar-refractivity contribution >= 4 is 0 Å². The molecule has 0 aliphatic carbocycles. The molecular weight excluding hydrogens is 200 g/mol. The summed E-state index contributed by atoms with van der Waals surface area (Å²) in [5.74, 6) is 1.72. The lowest BCUT2D eigenvalue weighted by molar-refractivity contribution is 0.287. The van der Waals surface area contributed by atoms with Crippen LogP contribution in [0.15, 0.2) is 18.3 Å². The molecule has 2 atom stereocenters. The lowest BCUT2D eigenvalue weighted by atomic mass is 9.89. The van der Waals surface area contributed by atoms with E-state index in [1.807, 2.05) is 18.3 Å². The van der Waals surface area contributed by atoms with E-state index in [-0.39, 0.29) is 0 Å². The second-order valence-electron chi connectivity index (χ2n) is 4.40. The average molecular weight is 220 g/mol. The Hall–Kier alpha value is -1.09. The van der Waals surface area contributed by atoms with Gasteiger partial charge in [0.05, 0.1) is 18.8 Å². The highest BCUT2D eigenvalue weighted by atomic mass is 16.5. The fourth-order valence-electron chi connectivity index (χ4n) is 2.41. The second-order valence-corrected chi connectivity index (χ2v) is 4.40. The molecule has 0 bridgehead atoms. The minimum absolute atomic E-state index is 0.356. The zero-order valence-corrected chi connectivity index (χ0v) is 10.1. The van der Waals surface area contributed by atoms with Crippen LogP contribution < -0.4 is 10.1 Å². The van der Waals surface area contributed by atoms with Crippen molar-refractivity contribution in [3.8, 4) is 5.75 Å². The van der Waals surface area contributed by atoms with Crippen LogP contribution in [0.3, 0.4) is 0 Å². The zero-order valence-electron chi connectivity index (χ0n) is 10.1. The van der Waals surface area contributed by atoms with E-state index >= 15 is 0 Å². The molecule has 2 unspecified atom stereocenters. The van der Waals surface area contributed by atoms with Crippen LogP contribution in [0.1, 0.15) is 37.9 Å². The van der Waals surface area contributed by atoms with Crippen LogP contribution in [0.2, 0.25) is 0 Å². The van der Waals surface area contributed by atoms with Crippen molar-refractivity contribution in [2.75, 3.05) is 13.7 Å². The van der Waals surface area contributed by atoms with Gasteiger partial charge in [-0.05, 0) is 37.4 Å². The minimum Gasteiger partial charge on any atom is -0.495 e. The zero-order chi connectivity index (χ0) is 11.4. The molecule has 1 aliphatic rings. The predicted octanol–water partition coefficient (Wildman–Crippen LogP) is 2.54. The molecule has 1 saturated heterocycles. The highest BCUT2D eigenvalue weighted by molar-refractivity contribution is 5.29. The van der Waals surface area contributed by atoms with E-state index in [9.17, 15) is 0 Å². The largest absolute Gasteiger partial charge is 0.495 e. The molecule has 0 radical (unpaired) electrons. The van der Waals surface area contributed by atoms with Crippen molar-refractivity contribution in [1.29, 1.82) is 0 Å². The number of aromatic nitrogens is 1. The number of piperidine rings is 1. The molecule has 0 spiro atoms. The maximum atomic E-state index is 5.36. The molecule has 2 rings (SSSR count). The molecular formula is C13H20N2O. The first-order valence-electron chi connectivity index (χ1n) is 6.07. The first-order valence-corrected chi connectivity index (χ1v) is 6.07. The van der Waals surface area contributed by atoms with Crippen LogP contribution in [0.25, 0.3) is 0 Å². The fraction of sp³-hybridized carbons (Fsp3) is 0.615. The molecule has 0 amide bonds. The van der Waals surface area contributed by atoms with Crippen LogP contribution >= 0.6 is 0 Å². The summed E-state index contributed by atoms with van der Waals surface area (Å²) in [5, 5.41) is 3.53. The Morgan fingerprint density at radius 2 is 2.44 bits per heavy atom. The predicted molar refractivity (Wildman–Crippen MR) is 64.5 cm³/mol. The molecule has 1 N–H and O–H groups in total. The lowest BCUT2D eigenvalue weighted by Gasteiger charge is -2.30. The molecule has 0 saturated carbocycles. The maximum Gasteiger partial charge on any atom is 0.141 e. The van der Waals surface area contributed by atoms with Gasteiger partial charge in [-0.25, -0.2) is 0 Å². The number of methoxy groups -OCH3 is 1. The van der Waals surface area contributed by atoms with Crippen molar-refractivity contribution in [2.45, 2.75) is 32.2 Å². The molecule has 2 heterocycles. The molecule has 1 aliphatic heterocycles. The van der Waals surface area contributed by atoms with Crippen LogP contribution in [-0.4, -0.2) is 18.6 Å². The van der Waals surface area contributed by atoms with Crippen LogP contribution in [0.5, 0.6) is 5.75 Å².